The first-order chi connectivity index (χ1) is 23.7. The summed E-state index contributed by atoms with van der Waals surface area (Å²) >= 11 is 6.03. The van der Waals surface area contributed by atoms with Crippen LogP contribution in [0.5, 0.6) is 6.01 Å². The van der Waals surface area contributed by atoms with Crippen molar-refractivity contribution in [2.45, 2.75) is 55.1 Å². The Morgan fingerprint density at radius 1 is 1.04 bits per heavy atom. The molecule has 4 aromatic rings. The summed E-state index contributed by atoms with van der Waals surface area (Å²) in [7, 11) is -2.14. The number of imidazole rings is 1. The van der Waals surface area contributed by atoms with Crippen molar-refractivity contribution < 1.29 is 35.9 Å². The van der Waals surface area contributed by atoms with E-state index in [4.69, 9.17) is 16.3 Å². The minimum absolute atomic E-state index is 0.0240. The third-order valence-corrected chi connectivity index (χ3v) is 9.97. The Morgan fingerprint density at radius 2 is 1.72 bits per heavy atom. The molecule has 264 valence electrons. The maximum absolute atomic E-state index is 13.2. The molecule has 0 saturated heterocycles. The Labute approximate surface area is 289 Å². The highest BCUT2D eigenvalue weighted by Crippen LogP contribution is 2.48. The minimum Gasteiger partial charge on any atom is -0.454 e. The predicted molar refractivity (Wildman–Crippen MR) is 175 cm³/mol. The molecule has 0 unspecified atom stereocenters. The van der Waals surface area contributed by atoms with Crippen LogP contribution in [0.25, 0.3) is 0 Å². The first-order valence-electron chi connectivity index (χ1n) is 15.4. The quantitative estimate of drug-likeness (QED) is 0.147. The Morgan fingerprint density at radius 3 is 2.32 bits per heavy atom. The fourth-order valence-corrected chi connectivity index (χ4v) is 6.48. The van der Waals surface area contributed by atoms with Gasteiger partial charge in [0.1, 0.15) is 6.04 Å². The van der Waals surface area contributed by atoms with Crippen molar-refractivity contribution >= 4 is 51.0 Å². The molecule has 19 heteroatoms. The molecule has 2 amide bonds. The van der Waals surface area contributed by atoms with Crippen molar-refractivity contribution in [3.8, 4) is 6.01 Å². The van der Waals surface area contributed by atoms with Crippen LogP contribution >= 0.6 is 11.6 Å². The van der Waals surface area contributed by atoms with Crippen LogP contribution in [-0.4, -0.2) is 68.8 Å². The van der Waals surface area contributed by atoms with E-state index >= 15 is 0 Å². The zero-order chi connectivity index (χ0) is 35.7. The molecule has 2 heterocycles. The van der Waals surface area contributed by atoms with Crippen LogP contribution in [0.15, 0.2) is 61.1 Å². The van der Waals surface area contributed by atoms with Gasteiger partial charge in [0.2, 0.25) is 21.9 Å². The van der Waals surface area contributed by atoms with Gasteiger partial charge in [0, 0.05) is 35.9 Å². The predicted octanol–water partition coefficient (Wildman–Crippen LogP) is 3.99. The van der Waals surface area contributed by atoms with Crippen LogP contribution in [0.2, 0.25) is 5.02 Å². The van der Waals surface area contributed by atoms with Crippen LogP contribution in [0.4, 0.5) is 30.8 Å². The van der Waals surface area contributed by atoms with Gasteiger partial charge in [-0.25, -0.2) is 13.4 Å². The number of hydrogen-bond acceptors (Lipinski definition) is 11. The van der Waals surface area contributed by atoms with Gasteiger partial charge in [-0.15, -0.1) is 0 Å². The number of halogens is 4. The van der Waals surface area contributed by atoms with Crippen molar-refractivity contribution in [1.29, 1.82) is 0 Å². The Bertz CT molecular complexity index is 1990. The summed E-state index contributed by atoms with van der Waals surface area (Å²) in [6, 6.07) is 11.2. The van der Waals surface area contributed by atoms with Gasteiger partial charge in [-0.05, 0) is 67.6 Å². The first-order valence-corrected chi connectivity index (χ1v) is 17.3. The third-order valence-electron chi connectivity index (χ3n) is 7.88. The fourth-order valence-electron chi connectivity index (χ4n) is 5.01. The van der Waals surface area contributed by atoms with Crippen LogP contribution in [-0.2, 0) is 33.8 Å². The summed E-state index contributed by atoms with van der Waals surface area (Å²) in [5.41, 5.74) is 1.30. The number of aryl methyl sites for hydroxylation is 1. The van der Waals surface area contributed by atoms with Gasteiger partial charge >= 0.3 is 12.2 Å². The molecule has 50 heavy (non-hydrogen) atoms. The smallest absolute Gasteiger partial charge is 0.422 e. The Hall–Kier alpha value is -4.97. The van der Waals surface area contributed by atoms with Crippen molar-refractivity contribution in [2.24, 2.45) is 7.05 Å². The number of carbonyl (C=O) groups is 2. The topological polar surface area (TPSA) is 182 Å². The Kier molecular flexibility index (Phi) is 9.58. The second-order valence-corrected chi connectivity index (χ2v) is 14.5. The number of anilines is 3. The molecule has 14 nitrogen and oxygen atoms in total. The van der Waals surface area contributed by atoms with Crippen LogP contribution in [0.3, 0.4) is 0 Å². The molecule has 2 aliphatic carbocycles. The zero-order valence-electron chi connectivity index (χ0n) is 26.4. The summed E-state index contributed by atoms with van der Waals surface area (Å²) in [5, 5.41) is 8.57. The van der Waals surface area contributed by atoms with Gasteiger partial charge in [-0.2, -0.15) is 28.1 Å². The maximum Gasteiger partial charge on any atom is 0.422 e. The van der Waals surface area contributed by atoms with E-state index in [1.807, 2.05) is 12.1 Å². The lowest BCUT2D eigenvalue weighted by atomic mass is 10.1. The standard InChI is InChI=1S/C31H31ClF3N9O5S/c1-44-15-22(36-17-44)14-24(26(46)43-50(47,48)23-10-11-23)38-25(45)18-2-8-21(9-3-18)37-27-39-28(41-29(40-27)49-16-31(33,34)35)42-30(12-13-30)19-4-6-20(32)7-5-19/h2-9,15,17,23-24H,10-14,16H2,1H3,(H,38,45)(H,43,46)(H2,37,39,40,41,42)/t24-/m0/s1. The second kappa shape index (κ2) is 13.7. The number of alkyl halides is 3. The van der Waals surface area contributed by atoms with Crippen LogP contribution in [0, 0.1) is 0 Å². The summed E-state index contributed by atoms with van der Waals surface area (Å²) in [6.07, 6.45) is 0.799. The third kappa shape index (κ3) is 8.97. The molecule has 2 aromatic heterocycles. The van der Waals surface area contributed by atoms with Gasteiger partial charge in [0.05, 0.1) is 22.8 Å². The van der Waals surface area contributed by atoms with Gasteiger partial charge in [-0.1, -0.05) is 23.7 Å². The molecule has 6 rings (SSSR count). The van der Waals surface area contributed by atoms with E-state index in [9.17, 15) is 31.2 Å². The Balaban J connectivity index is 1.17. The average molecular weight is 734 g/mol. The van der Waals surface area contributed by atoms with E-state index in [2.05, 4.69) is 40.6 Å². The number of sulfonamides is 1. The number of carbonyl (C=O) groups excluding carboxylic acids is 2. The molecule has 0 aliphatic heterocycles. The lowest BCUT2D eigenvalue weighted by Gasteiger charge is -2.19. The minimum atomic E-state index is -4.63. The van der Waals surface area contributed by atoms with E-state index in [0.29, 0.717) is 42.1 Å². The normalized spacial score (nSPS) is 15.9. The van der Waals surface area contributed by atoms with E-state index < -0.39 is 57.5 Å². The number of hydrogen-bond donors (Lipinski definition) is 4. The number of benzene rings is 2. The number of amides is 2. The lowest BCUT2D eigenvalue weighted by molar-refractivity contribution is -0.154. The number of aromatic nitrogens is 5. The largest absolute Gasteiger partial charge is 0.454 e. The van der Waals surface area contributed by atoms with E-state index in [1.54, 1.807) is 29.9 Å². The molecule has 0 radical (unpaired) electrons. The van der Waals surface area contributed by atoms with Gasteiger partial charge in [0.15, 0.2) is 6.61 Å². The van der Waals surface area contributed by atoms with Crippen LogP contribution < -0.4 is 25.4 Å². The van der Waals surface area contributed by atoms with Crippen molar-refractivity contribution in [1.82, 2.24) is 34.5 Å². The van der Waals surface area contributed by atoms with Gasteiger partial charge in [0.25, 0.3) is 11.8 Å². The second-order valence-electron chi connectivity index (χ2n) is 12.1. The van der Waals surface area contributed by atoms with Gasteiger partial charge in [-0.3, -0.25) is 14.3 Å². The molecule has 0 spiro atoms. The van der Waals surface area contributed by atoms with E-state index in [-0.39, 0.29) is 23.9 Å². The highest BCUT2D eigenvalue weighted by molar-refractivity contribution is 7.90. The van der Waals surface area contributed by atoms with Crippen molar-refractivity contribution in [3.05, 3.63) is 82.9 Å². The highest BCUT2D eigenvalue weighted by atomic mass is 35.5. The lowest BCUT2D eigenvalue weighted by Crippen LogP contribution is -2.50. The molecule has 2 aromatic carbocycles. The van der Waals surface area contributed by atoms with Crippen LogP contribution in [0.1, 0.15) is 47.3 Å². The molecule has 4 N–H and O–H groups in total. The molecule has 2 fully saturated rings. The molecule has 2 saturated carbocycles. The van der Waals surface area contributed by atoms with E-state index in [0.717, 1.165) is 5.56 Å². The highest BCUT2D eigenvalue weighted by Gasteiger charge is 2.45. The first kappa shape index (κ1) is 34.9. The molecular formula is C31H31ClF3N9O5S. The summed E-state index contributed by atoms with van der Waals surface area (Å²) in [5.74, 6) is -1.71. The number of nitrogens with zero attached hydrogens (tertiary/aromatic N) is 5. The SMILES string of the molecule is Cn1cnc(C[C@H](NC(=O)c2ccc(Nc3nc(NC4(c5ccc(Cl)cc5)CC4)nc(OCC(F)(F)F)n3)cc2)C(=O)NS(=O)(=O)C2CC2)c1. The monoisotopic (exact) mass is 733 g/mol. The van der Waals surface area contributed by atoms with Crippen molar-refractivity contribution in [3.63, 3.8) is 0 Å². The zero-order valence-corrected chi connectivity index (χ0v) is 27.9. The maximum atomic E-state index is 13.2. The summed E-state index contributed by atoms with van der Waals surface area (Å²) in [6.45, 7) is -1.62. The molecule has 0 bridgehead atoms. The summed E-state index contributed by atoms with van der Waals surface area (Å²) in [4.78, 5) is 42.8. The summed E-state index contributed by atoms with van der Waals surface area (Å²) < 4.78 is 72.2. The number of nitrogens with one attached hydrogen (secondary N) is 4. The van der Waals surface area contributed by atoms with Gasteiger partial charge < -0.3 is 25.3 Å². The molecule has 2 aliphatic rings. The molecule has 1 atom stereocenters. The van der Waals surface area contributed by atoms with Crippen molar-refractivity contribution in [2.75, 3.05) is 17.2 Å². The number of ether oxygens (including phenoxy) is 1. The van der Waals surface area contributed by atoms with E-state index in [1.165, 1.54) is 30.6 Å². The fraction of sp³-hybridized carbons (Fsp3) is 0.355. The average Bonchev–Trinajstić information content (AvgIpc) is 3.99. The molecular weight excluding hydrogens is 703 g/mol. The number of rotatable bonds is 14.